The fourth-order valence-electron chi connectivity index (χ4n) is 1.81. The van der Waals surface area contributed by atoms with Gasteiger partial charge in [0.05, 0.1) is 5.69 Å². The lowest BCUT2D eigenvalue weighted by Crippen LogP contribution is -2.52. The fraction of sp³-hybridized carbons (Fsp3) is 0.417. The second-order valence-corrected chi connectivity index (χ2v) is 4.50. The molecule has 0 bridgehead atoms. The molecule has 98 valence electrons. The van der Waals surface area contributed by atoms with E-state index < -0.39 is 0 Å². The number of hydrogen-bond acceptors (Lipinski definition) is 5. The van der Waals surface area contributed by atoms with Gasteiger partial charge in [-0.25, -0.2) is 5.01 Å². The summed E-state index contributed by atoms with van der Waals surface area (Å²) >= 11 is 0. The Hall–Kier alpha value is -1.79. The number of benzene rings is 1. The summed E-state index contributed by atoms with van der Waals surface area (Å²) in [6, 6.07) is 4.50. The topological polar surface area (TPSA) is 81.8 Å². The van der Waals surface area contributed by atoms with Crippen molar-refractivity contribution in [2.75, 3.05) is 39.0 Å². The highest BCUT2D eigenvalue weighted by Gasteiger charge is 2.16. The highest BCUT2D eigenvalue weighted by molar-refractivity contribution is 5.94. The van der Waals surface area contributed by atoms with Crippen LogP contribution in [0.15, 0.2) is 18.2 Å². The molecule has 18 heavy (non-hydrogen) atoms. The third kappa shape index (κ3) is 2.91. The predicted molar refractivity (Wildman–Crippen MR) is 69.1 cm³/mol. The average Bonchev–Trinajstić information content (AvgIpc) is 2.35. The number of carbonyl (C=O) groups is 1. The Balaban J connectivity index is 1.97. The van der Waals surface area contributed by atoms with Crippen LogP contribution < -0.4 is 11.2 Å². The maximum atomic E-state index is 11.9. The van der Waals surface area contributed by atoms with E-state index in [9.17, 15) is 9.90 Å². The van der Waals surface area contributed by atoms with Crippen LogP contribution in [0.4, 0.5) is 5.69 Å². The van der Waals surface area contributed by atoms with E-state index in [1.807, 2.05) is 5.01 Å². The first-order chi connectivity index (χ1) is 8.56. The summed E-state index contributed by atoms with van der Waals surface area (Å²) in [4.78, 5) is 14.1. The van der Waals surface area contributed by atoms with Crippen molar-refractivity contribution in [3.63, 3.8) is 0 Å². The van der Waals surface area contributed by atoms with Gasteiger partial charge >= 0.3 is 0 Å². The molecule has 0 aliphatic carbocycles. The number of carbonyl (C=O) groups excluding carboxylic acids is 1. The summed E-state index contributed by atoms with van der Waals surface area (Å²) in [6.07, 6.45) is 0. The van der Waals surface area contributed by atoms with E-state index in [0.717, 1.165) is 26.2 Å². The van der Waals surface area contributed by atoms with Crippen LogP contribution in [0.5, 0.6) is 5.75 Å². The Morgan fingerprint density at radius 2 is 2.00 bits per heavy atom. The molecule has 0 spiro atoms. The zero-order valence-corrected chi connectivity index (χ0v) is 10.4. The van der Waals surface area contributed by atoms with Gasteiger partial charge in [0, 0.05) is 31.7 Å². The molecular weight excluding hydrogens is 232 g/mol. The van der Waals surface area contributed by atoms with Gasteiger partial charge in [0.15, 0.2) is 0 Å². The van der Waals surface area contributed by atoms with Crippen molar-refractivity contribution < 1.29 is 9.90 Å². The van der Waals surface area contributed by atoms with Crippen molar-refractivity contribution in [2.24, 2.45) is 0 Å². The first-order valence-electron chi connectivity index (χ1n) is 5.89. The minimum absolute atomic E-state index is 0.0685. The van der Waals surface area contributed by atoms with E-state index in [1.54, 1.807) is 6.07 Å². The van der Waals surface area contributed by atoms with Gasteiger partial charge in [-0.3, -0.25) is 10.2 Å². The molecule has 1 saturated heterocycles. The van der Waals surface area contributed by atoms with Gasteiger partial charge in [-0.05, 0) is 25.2 Å². The van der Waals surface area contributed by atoms with Crippen LogP contribution in [0, 0.1) is 0 Å². The van der Waals surface area contributed by atoms with Crippen LogP contribution >= 0.6 is 0 Å². The minimum atomic E-state index is -0.227. The molecule has 0 radical (unpaired) electrons. The Bertz CT molecular complexity index is 442. The van der Waals surface area contributed by atoms with Gasteiger partial charge < -0.3 is 15.7 Å². The van der Waals surface area contributed by atoms with Crippen LogP contribution in [0.3, 0.4) is 0 Å². The van der Waals surface area contributed by atoms with E-state index in [2.05, 4.69) is 17.4 Å². The second kappa shape index (κ2) is 5.24. The van der Waals surface area contributed by atoms with Crippen LogP contribution in [0.2, 0.25) is 0 Å². The van der Waals surface area contributed by atoms with Crippen LogP contribution in [-0.2, 0) is 0 Å². The van der Waals surface area contributed by atoms with Gasteiger partial charge in [0.2, 0.25) is 0 Å². The molecule has 4 N–H and O–H groups in total. The Morgan fingerprint density at radius 1 is 1.33 bits per heavy atom. The SMILES string of the molecule is CN1CCN(NC(=O)c2ccc(N)c(O)c2)CC1. The predicted octanol–water partition coefficient (Wildman–Crippen LogP) is -0.133. The Labute approximate surface area is 106 Å². The number of anilines is 1. The zero-order chi connectivity index (χ0) is 13.1. The zero-order valence-electron chi connectivity index (χ0n) is 10.4. The monoisotopic (exact) mass is 250 g/mol. The summed E-state index contributed by atoms with van der Waals surface area (Å²) in [5.41, 5.74) is 8.98. The molecule has 0 atom stereocenters. The number of nitrogens with zero attached hydrogens (tertiary/aromatic N) is 2. The normalized spacial score (nSPS) is 17.6. The number of phenolic OH excluding ortho intramolecular Hbond substituents is 1. The first-order valence-corrected chi connectivity index (χ1v) is 5.89. The van der Waals surface area contributed by atoms with E-state index in [-0.39, 0.29) is 17.3 Å². The fourth-order valence-corrected chi connectivity index (χ4v) is 1.81. The molecule has 1 aliphatic rings. The minimum Gasteiger partial charge on any atom is -0.506 e. The lowest BCUT2D eigenvalue weighted by Gasteiger charge is -2.32. The first kappa shape index (κ1) is 12.7. The molecule has 2 rings (SSSR count). The number of amides is 1. The molecular formula is C12H18N4O2. The van der Waals surface area contributed by atoms with Crippen molar-refractivity contribution in [1.82, 2.24) is 15.3 Å². The standard InChI is InChI=1S/C12H18N4O2/c1-15-4-6-16(7-5-15)14-12(18)9-2-3-10(13)11(17)8-9/h2-3,8,17H,4-7,13H2,1H3,(H,14,18). The lowest BCUT2D eigenvalue weighted by atomic mass is 10.2. The number of nitrogens with one attached hydrogen (secondary N) is 1. The van der Waals surface area contributed by atoms with Crippen molar-refractivity contribution >= 4 is 11.6 Å². The highest BCUT2D eigenvalue weighted by atomic mass is 16.3. The Kier molecular flexibility index (Phi) is 3.69. The van der Waals surface area contributed by atoms with Crippen molar-refractivity contribution in [1.29, 1.82) is 0 Å². The van der Waals surface area contributed by atoms with Gasteiger partial charge in [0.25, 0.3) is 5.91 Å². The van der Waals surface area contributed by atoms with E-state index in [4.69, 9.17) is 5.73 Å². The number of hydrazine groups is 1. The van der Waals surface area contributed by atoms with Crippen LogP contribution in [-0.4, -0.2) is 54.1 Å². The summed E-state index contributed by atoms with van der Waals surface area (Å²) < 4.78 is 0. The number of piperazine rings is 1. The quantitative estimate of drug-likeness (QED) is 0.503. The summed E-state index contributed by atoms with van der Waals surface area (Å²) in [7, 11) is 2.05. The molecule has 1 aliphatic heterocycles. The molecule has 0 unspecified atom stereocenters. The number of aromatic hydroxyl groups is 1. The largest absolute Gasteiger partial charge is 0.506 e. The smallest absolute Gasteiger partial charge is 0.265 e. The number of hydrogen-bond donors (Lipinski definition) is 3. The van der Waals surface area contributed by atoms with E-state index in [0.29, 0.717) is 5.56 Å². The van der Waals surface area contributed by atoms with Gasteiger partial charge in [-0.1, -0.05) is 0 Å². The van der Waals surface area contributed by atoms with Crippen molar-refractivity contribution in [3.05, 3.63) is 23.8 Å². The van der Waals surface area contributed by atoms with E-state index in [1.165, 1.54) is 12.1 Å². The number of rotatable bonds is 2. The average molecular weight is 250 g/mol. The number of nitrogens with two attached hydrogens (primary N) is 1. The van der Waals surface area contributed by atoms with Crippen LogP contribution in [0.1, 0.15) is 10.4 Å². The highest BCUT2D eigenvalue weighted by Crippen LogP contribution is 2.20. The molecule has 1 amide bonds. The Morgan fingerprint density at radius 3 is 2.61 bits per heavy atom. The van der Waals surface area contributed by atoms with Crippen LogP contribution in [0.25, 0.3) is 0 Å². The molecule has 6 nitrogen and oxygen atoms in total. The molecule has 0 aromatic heterocycles. The molecule has 1 aromatic rings. The lowest BCUT2D eigenvalue weighted by molar-refractivity contribution is 0.0662. The maximum absolute atomic E-state index is 11.9. The number of phenols is 1. The number of likely N-dealkylation sites (N-methyl/N-ethyl adjacent to an activating group) is 1. The summed E-state index contributed by atoms with van der Waals surface area (Å²) in [6.45, 7) is 3.44. The van der Waals surface area contributed by atoms with E-state index >= 15 is 0 Å². The maximum Gasteiger partial charge on any atom is 0.265 e. The molecule has 1 aromatic carbocycles. The summed E-state index contributed by atoms with van der Waals surface area (Å²) in [5.74, 6) is -0.295. The number of nitrogen functional groups attached to an aromatic ring is 1. The third-order valence-electron chi connectivity index (χ3n) is 3.06. The van der Waals surface area contributed by atoms with Gasteiger partial charge in [-0.15, -0.1) is 0 Å². The molecule has 1 fully saturated rings. The van der Waals surface area contributed by atoms with Gasteiger partial charge in [-0.2, -0.15) is 0 Å². The van der Waals surface area contributed by atoms with Crippen molar-refractivity contribution in [3.8, 4) is 5.75 Å². The second-order valence-electron chi connectivity index (χ2n) is 4.50. The molecule has 0 saturated carbocycles. The van der Waals surface area contributed by atoms with Crippen molar-refractivity contribution in [2.45, 2.75) is 0 Å². The third-order valence-corrected chi connectivity index (χ3v) is 3.06. The molecule has 6 heteroatoms. The molecule has 1 heterocycles. The van der Waals surface area contributed by atoms with Gasteiger partial charge in [0.1, 0.15) is 5.75 Å². The summed E-state index contributed by atoms with van der Waals surface area (Å²) in [5, 5.41) is 11.3.